The van der Waals surface area contributed by atoms with Crippen molar-refractivity contribution in [2.75, 3.05) is 77.6 Å². The Labute approximate surface area is 768 Å². The molecule has 3 saturated carbocycles. The van der Waals surface area contributed by atoms with E-state index in [2.05, 4.69) is 109 Å². The van der Waals surface area contributed by atoms with Crippen molar-refractivity contribution < 1.29 is 114 Å². The van der Waals surface area contributed by atoms with Gasteiger partial charge in [0.2, 0.25) is 0 Å². The summed E-state index contributed by atoms with van der Waals surface area (Å²) >= 11 is 0. The molecule has 9 fully saturated rings. The minimum Gasteiger partial charge on any atom is -0.462 e. The fourth-order valence-corrected chi connectivity index (χ4v) is 25.1. The summed E-state index contributed by atoms with van der Waals surface area (Å²) < 4.78 is 105. The molecular formula is C102H157N3O24. The van der Waals surface area contributed by atoms with Gasteiger partial charge in [0.25, 0.3) is 11.8 Å². The summed E-state index contributed by atoms with van der Waals surface area (Å²) in [6, 6.07) is 0.676. The molecule has 8 aliphatic carbocycles. The molecule has 0 spiro atoms. The number of likely N-dealkylation sites (N-methyl/N-ethyl adjacent to an activating group) is 2. The Morgan fingerprint density at radius 2 is 0.946 bits per heavy atom. The first-order valence-electron chi connectivity index (χ1n) is 49.0. The van der Waals surface area contributed by atoms with Gasteiger partial charge in [-0.25, -0.2) is 4.90 Å². The van der Waals surface area contributed by atoms with Crippen LogP contribution in [0.15, 0.2) is 69.9 Å². The molecule has 129 heavy (non-hydrogen) atoms. The molecule has 15 aliphatic rings. The summed E-state index contributed by atoms with van der Waals surface area (Å²) in [7, 11) is 18.3. The molecule has 2 unspecified atom stereocenters. The minimum absolute atomic E-state index is 0.0364. The van der Waals surface area contributed by atoms with Crippen molar-refractivity contribution in [3.05, 3.63) is 69.9 Å². The Morgan fingerprint density at radius 3 is 1.39 bits per heavy atom. The SMILES string of the molecule is CC(C)=CC1C(C(=O)OCN2C(=O)C3=C(CCCC3)C2=O)C1(C)C.CC[C@H]1CCC[C@H](O[C@H]2CC[C@H](N(C)C)[C@@H](C)O2)[C@@H](C)C(=O)C2=C[C@@H]3[C@@H](C=C(C)[C@@H]4C[C@@H](O[C@@H]5O[C@@H](C)[C@H](OC)[C@@H](OC)[C@H]5OC)C[C@@H]34)[C@@H]2CC(=O)O1.CC[C@H]1CCC[C@H](O[C@H]2CC[C@H](N(C)C)[C@@H](C)O2)[C@@H](C)C(=O)C2=C[C@@H]3[C@@H](C=C[C@@H]4C[C@@H](O[C@@H]5O[C@@H](C)[C@H](OC)[C@@H](OC)[C@H]5OC)C[C@@H]34)[C@@H]2CC(=O)O1. The molecule has 0 radical (unpaired) electrons. The van der Waals surface area contributed by atoms with E-state index in [1.807, 2.05) is 55.4 Å². The van der Waals surface area contributed by atoms with Gasteiger partial charge in [-0.2, -0.15) is 0 Å². The third-order valence-electron chi connectivity index (χ3n) is 32.4. The van der Waals surface area contributed by atoms with E-state index >= 15 is 0 Å². The predicted molar refractivity (Wildman–Crippen MR) is 482 cm³/mol. The Balaban J connectivity index is 0.000000176. The first-order valence-corrected chi connectivity index (χ1v) is 49.0. The highest BCUT2D eigenvalue weighted by Gasteiger charge is 2.62. The largest absolute Gasteiger partial charge is 0.462 e. The summed E-state index contributed by atoms with van der Waals surface area (Å²) in [6.45, 7) is 26.4. The van der Waals surface area contributed by atoms with Gasteiger partial charge in [-0.15, -0.1) is 0 Å². The first-order chi connectivity index (χ1) is 61.6. The number of ether oxygens (including phenoxy) is 17. The molecule has 2 amide bonds. The molecule has 724 valence electrons. The smallest absolute Gasteiger partial charge is 0.311 e. The lowest BCUT2D eigenvalue weighted by molar-refractivity contribution is -0.314. The second-order valence-electron chi connectivity index (χ2n) is 41.3. The Hall–Kier alpha value is -5.31. The molecule has 0 aromatic carbocycles. The Bertz CT molecular complexity index is 4040. The Kier molecular flexibility index (Phi) is 34.7. The maximum Gasteiger partial charge on any atom is 0.311 e. The number of hydrogen-bond donors (Lipinski definition) is 0. The lowest BCUT2D eigenvalue weighted by atomic mass is 9.67. The van der Waals surface area contributed by atoms with Crippen LogP contribution in [-0.2, 0) is 114 Å². The van der Waals surface area contributed by atoms with Crippen LogP contribution in [0.1, 0.15) is 231 Å². The number of carbonyl (C=O) groups is 7. The van der Waals surface area contributed by atoms with E-state index in [1.165, 1.54) is 11.1 Å². The standard InChI is InChI=1S/C42H67NO10.C41H65NO10.C19H25NO4/c1-11-26-13-12-14-35(53-37-16-15-34(43(6)7)24(4)49-37)23(3)38(45)33-20-31-29(32(33)21-36(44)51-26)17-22(2)28-18-27(19-30(28)31)52-42-41(48-10)40(47-9)39(46-8)25(5)50-42;1-10-26-12-11-13-34(52-36-17-16-33(42(5)6)23(3)48-36)22(2)37(44)32-20-30-28(31(32)21-35(43)50-26)15-14-25-18-27(19-29(25)30)51-41-40(47-9)39(46-8)38(45-7)24(4)49-41;1-11(2)9-14-15(19(14,3)4)18(23)24-10-20-16(21)12-7-5-6-8-13(12)17(20)22/h17,20,23-32,34-35,37,39-42H,11-16,18-19,21H2,1-10H3;14-15,20,22-31,33-34,36,38-41H,10-13,16-19,21H2,1-9H3;9,14-15H,5-8,10H2,1-4H3/t23-,24-,25+,26+,27-,28+,29-,30-,31-,32+,34+,35+,37+,39+,40-,41-,42+;22-,23-,24+,25-,26+,27-,28-,29-,30-,31+,33+,34+,36+,38+,39-,40-,41+;/m11./s1. The van der Waals surface area contributed by atoms with Crippen LogP contribution in [-0.4, -0.2) is 268 Å². The fraction of sp³-hybridized carbons (Fsp3) is 0.814. The number of hydrogen-bond acceptors (Lipinski definition) is 26. The fourth-order valence-electron chi connectivity index (χ4n) is 25.1. The number of Topliss-reactive ketones (excluding diaryl/α,β-unsaturated/α-hetero) is 2. The van der Waals surface area contributed by atoms with Gasteiger partial charge < -0.3 is 90.3 Å². The van der Waals surface area contributed by atoms with Gasteiger partial charge in [0, 0.05) is 89.6 Å². The number of fused-ring (bicyclic) bond motifs is 10. The highest BCUT2D eigenvalue weighted by Crippen LogP contribution is 2.61. The highest BCUT2D eigenvalue weighted by atomic mass is 16.7. The normalized spacial score (nSPS) is 42.2. The highest BCUT2D eigenvalue weighted by molar-refractivity contribution is 6.19. The van der Waals surface area contributed by atoms with Gasteiger partial charge in [-0.05, 0) is 275 Å². The van der Waals surface area contributed by atoms with Crippen LogP contribution in [0.25, 0.3) is 0 Å². The molecule has 0 bridgehead atoms. The van der Waals surface area contributed by atoms with Crippen LogP contribution in [0.2, 0.25) is 0 Å². The zero-order chi connectivity index (χ0) is 93.0. The van der Waals surface area contributed by atoms with E-state index in [0.717, 1.165) is 119 Å². The van der Waals surface area contributed by atoms with Gasteiger partial charge in [0.1, 0.15) is 48.8 Å². The van der Waals surface area contributed by atoms with Crippen LogP contribution in [0.4, 0.5) is 0 Å². The molecule has 36 atom stereocenters. The van der Waals surface area contributed by atoms with Crippen LogP contribution in [0.5, 0.6) is 0 Å². The number of imide groups is 1. The second kappa shape index (κ2) is 44.2. The average Bonchev–Trinajstić information content (AvgIpc) is 1.57. The summed E-state index contributed by atoms with van der Waals surface area (Å²) in [6.07, 6.45) is 24.7. The van der Waals surface area contributed by atoms with E-state index in [1.54, 1.807) is 42.7 Å². The molecule has 7 heterocycles. The van der Waals surface area contributed by atoms with Crippen molar-refractivity contribution in [1.82, 2.24) is 14.7 Å². The third-order valence-corrected chi connectivity index (χ3v) is 32.4. The number of carbonyl (C=O) groups excluding carboxylic acids is 7. The monoisotopic (exact) mass is 1810 g/mol. The van der Waals surface area contributed by atoms with Crippen molar-refractivity contribution >= 4 is 41.3 Å². The third kappa shape index (κ3) is 22.2. The van der Waals surface area contributed by atoms with Crippen molar-refractivity contribution in [3.8, 4) is 0 Å². The topological polar surface area (TPSA) is 286 Å². The van der Waals surface area contributed by atoms with E-state index in [-0.39, 0.29) is 235 Å². The molecule has 27 heteroatoms. The number of nitrogens with zero attached hydrogens (tertiary/aromatic N) is 3. The average molecular weight is 1810 g/mol. The van der Waals surface area contributed by atoms with Gasteiger partial charge in [-0.1, -0.05) is 89.1 Å². The van der Waals surface area contributed by atoms with Crippen molar-refractivity contribution in [2.24, 2.45) is 88.3 Å². The van der Waals surface area contributed by atoms with Gasteiger partial charge >= 0.3 is 17.9 Å². The van der Waals surface area contributed by atoms with Crippen LogP contribution >= 0.6 is 0 Å². The molecule has 0 aromatic heterocycles. The number of amides is 2. The second-order valence-corrected chi connectivity index (χ2v) is 41.3. The number of cyclic esters (lactones) is 2. The number of allylic oxidation sites excluding steroid dienone is 10. The van der Waals surface area contributed by atoms with Gasteiger partial charge in [0.15, 0.2) is 43.5 Å². The molecule has 6 saturated heterocycles. The maximum atomic E-state index is 14.7. The zero-order valence-corrected chi connectivity index (χ0v) is 81.7. The number of methoxy groups -OCH3 is 6. The number of ketones is 2. The maximum absolute atomic E-state index is 14.7. The molecule has 7 aliphatic heterocycles. The van der Waals surface area contributed by atoms with Crippen molar-refractivity contribution in [2.45, 2.75) is 366 Å². The van der Waals surface area contributed by atoms with E-state index in [9.17, 15) is 33.6 Å². The lowest BCUT2D eigenvalue weighted by Crippen LogP contribution is -2.59. The van der Waals surface area contributed by atoms with E-state index in [4.69, 9.17) is 80.5 Å². The minimum atomic E-state index is -0.598. The Morgan fingerprint density at radius 1 is 0.496 bits per heavy atom. The molecule has 0 aromatic rings. The predicted octanol–water partition coefficient (Wildman–Crippen LogP) is 14.3. The lowest BCUT2D eigenvalue weighted by Gasteiger charge is -2.44. The van der Waals surface area contributed by atoms with E-state index in [0.29, 0.717) is 60.7 Å². The summed E-state index contributed by atoms with van der Waals surface area (Å²) in [5.74, 6) is -0.902. The molecular weight excluding hydrogens is 1650 g/mol. The first kappa shape index (κ1) is 101. The molecule has 0 N–H and O–H groups in total. The quantitative estimate of drug-likeness (QED) is 0.0421. The molecule has 15 rings (SSSR count). The summed E-state index contributed by atoms with van der Waals surface area (Å²) in [4.78, 5) is 99.0. The van der Waals surface area contributed by atoms with Crippen LogP contribution in [0, 0.1) is 88.3 Å². The van der Waals surface area contributed by atoms with Crippen LogP contribution in [0.3, 0.4) is 0 Å². The van der Waals surface area contributed by atoms with Gasteiger partial charge in [0.05, 0.1) is 67.6 Å². The zero-order valence-electron chi connectivity index (χ0n) is 81.7. The van der Waals surface area contributed by atoms with Crippen LogP contribution < -0.4 is 0 Å². The summed E-state index contributed by atoms with van der Waals surface area (Å²) in [5, 5.41) is 0. The van der Waals surface area contributed by atoms with Gasteiger partial charge in [-0.3, -0.25) is 33.6 Å². The van der Waals surface area contributed by atoms with E-state index < -0.39 is 24.8 Å². The summed E-state index contributed by atoms with van der Waals surface area (Å²) in [5.41, 5.74) is 5.12. The van der Waals surface area contributed by atoms with Crippen molar-refractivity contribution in [3.63, 3.8) is 0 Å². The number of esters is 3. The number of rotatable bonds is 22. The molecule has 27 nitrogen and oxygen atoms in total. The van der Waals surface area contributed by atoms with Crippen molar-refractivity contribution in [1.29, 1.82) is 0 Å².